The van der Waals surface area contributed by atoms with Gasteiger partial charge in [0, 0.05) is 18.1 Å². The third-order valence-corrected chi connectivity index (χ3v) is 3.02. The van der Waals surface area contributed by atoms with Crippen LogP contribution in [0.3, 0.4) is 0 Å². The molecule has 0 spiro atoms. The summed E-state index contributed by atoms with van der Waals surface area (Å²) in [7, 11) is 1.64. The van der Waals surface area contributed by atoms with Gasteiger partial charge in [0.1, 0.15) is 13.2 Å². The van der Waals surface area contributed by atoms with Crippen LogP contribution in [0.4, 0.5) is 0 Å². The zero-order valence-corrected chi connectivity index (χ0v) is 11.5. The normalized spacial score (nSPS) is 10.1. The maximum absolute atomic E-state index is 11.6. The molecule has 98 valence electrons. The minimum absolute atomic E-state index is 0.229. The number of carboxylic acid groups (broad SMARTS) is 1. The molecule has 1 amide bonds. The largest absolute Gasteiger partial charge is 0.480 e. The number of amides is 1. The maximum Gasteiger partial charge on any atom is 0.329 e. The number of nitrogens with zero attached hydrogens (tertiary/aromatic N) is 1. The van der Waals surface area contributed by atoms with Crippen molar-refractivity contribution in [3.63, 3.8) is 0 Å². The van der Waals surface area contributed by atoms with Gasteiger partial charge < -0.3 is 14.7 Å². The van der Waals surface area contributed by atoms with E-state index in [9.17, 15) is 9.59 Å². The first-order valence-electron chi connectivity index (χ1n) is 5.27. The van der Waals surface area contributed by atoms with Gasteiger partial charge in [-0.15, -0.1) is 0 Å². The van der Waals surface area contributed by atoms with Crippen LogP contribution < -0.4 is 0 Å². The molecule has 5 nitrogen and oxygen atoms in total. The summed E-state index contributed by atoms with van der Waals surface area (Å²) in [6.07, 6.45) is 0. The number of halogens is 1. The van der Waals surface area contributed by atoms with E-state index in [2.05, 4.69) is 15.9 Å². The van der Waals surface area contributed by atoms with E-state index in [1.807, 2.05) is 24.3 Å². The monoisotopic (exact) mass is 315 g/mol. The molecule has 6 heteroatoms. The molecule has 1 aromatic carbocycles. The number of carboxylic acids is 1. The molecule has 1 aromatic rings. The second-order valence-electron chi connectivity index (χ2n) is 3.73. The van der Waals surface area contributed by atoms with Crippen LogP contribution >= 0.6 is 15.9 Å². The topological polar surface area (TPSA) is 66.8 Å². The number of carbonyl (C=O) groups excluding carboxylic acids is 1. The first-order valence-corrected chi connectivity index (χ1v) is 6.07. The number of likely N-dealkylation sites (N-methyl/N-ethyl adjacent to an activating group) is 1. The average Bonchev–Trinajstić information content (AvgIpc) is 2.31. The highest BCUT2D eigenvalue weighted by Crippen LogP contribution is 2.17. The van der Waals surface area contributed by atoms with Crippen molar-refractivity contribution in [1.82, 2.24) is 4.90 Å². The summed E-state index contributed by atoms with van der Waals surface area (Å²) in [6, 6.07) is 7.59. The molecule has 18 heavy (non-hydrogen) atoms. The molecule has 0 aliphatic carbocycles. The van der Waals surface area contributed by atoms with Crippen LogP contribution in [0.25, 0.3) is 0 Å². The summed E-state index contributed by atoms with van der Waals surface area (Å²) in [6.45, 7) is -0.251. The summed E-state index contributed by atoms with van der Waals surface area (Å²) in [5, 5.41) is 8.38. The first kappa shape index (κ1) is 14.7. The lowest BCUT2D eigenvalue weighted by atomic mass is 10.2. The molecular weight excluding hydrogens is 302 g/mol. The fourth-order valence-corrected chi connectivity index (χ4v) is 1.72. The number of hydrogen-bond donors (Lipinski definition) is 1. The van der Waals surface area contributed by atoms with E-state index in [1.165, 1.54) is 4.90 Å². The van der Waals surface area contributed by atoms with E-state index >= 15 is 0 Å². The highest BCUT2D eigenvalue weighted by atomic mass is 79.9. The van der Waals surface area contributed by atoms with Crippen molar-refractivity contribution < 1.29 is 19.4 Å². The standard InChI is InChI=1S/C12H14BrNO4/c1-14(11(15)7-18-8-12(16)17)6-9-4-2-3-5-10(9)13/h2-5H,6-8H2,1H3,(H,16,17). The van der Waals surface area contributed by atoms with Gasteiger partial charge in [-0.2, -0.15) is 0 Å². The van der Waals surface area contributed by atoms with Gasteiger partial charge in [-0.3, -0.25) is 4.79 Å². The van der Waals surface area contributed by atoms with Crippen molar-refractivity contribution in [1.29, 1.82) is 0 Å². The second-order valence-corrected chi connectivity index (χ2v) is 4.58. The van der Waals surface area contributed by atoms with E-state index < -0.39 is 12.6 Å². The SMILES string of the molecule is CN(Cc1ccccc1Br)C(=O)COCC(=O)O. The molecule has 0 heterocycles. The average molecular weight is 316 g/mol. The third-order valence-electron chi connectivity index (χ3n) is 2.24. The van der Waals surface area contributed by atoms with Crippen molar-refractivity contribution in [3.8, 4) is 0 Å². The second kappa shape index (κ2) is 7.13. The zero-order chi connectivity index (χ0) is 13.5. The van der Waals surface area contributed by atoms with Crippen LogP contribution in [-0.2, 0) is 20.9 Å². The Bertz CT molecular complexity index is 436. The van der Waals surface area contributed by atoms with Gasteiger partial charge in [0.05, 0.1) is 0 Å². The van der Waals surface area contributed by atoms with E-state index in [0.29, 0.717) is 6.54 Å². The third kappa shape index (κ3) is 4.85. The van der Waals surface area contributed by atoms with Crippen molar-refractivity contribution in [2.75, 3.05) is 20.3 Å². The lowest BCUT2D eigenvalue weighted by Gasteiger charge is -2.17. The summed E-state index contributed by atoms with van der Waals surface area (Å²) < 4.78 is 5.67. The zero-order valence-electron chi connectivity index (χ0n) is 9.93. The van der Waals surface area contributed by atoms with E-state index in [0.717, 1.165) is 10.0 Å². The Hall–Kier alpha value is -1.40. The van der Waals surface area contributed by atoms with Gasteiger partial charge in [0.15, 0.2) is 0 Å². The molecule has 0 bridgehead atoms. The summed E-state index contributed by atoms with van der Waals surface area (Å²) in [5.74, 6) is -1.34. The lowest BCUT2D eigenvalue weighted by molar-refractivity contribution is -0.145. The Morgan fingerprint density at radius 3 is 2.61 bits per heavy atom. The van der Waals surface area contributed by atoms with Gasteiger partial charge in [0.2, 0.25) is 5.91 Å². The van der Waals surface area contributed by atoms with E-state index in [4.69, 9.17) is 9.84 Å². The Kier molecular flexibility index (Phi) is 5.80. The number of aliphatic carboxylic acids is 1. The maximum atomic E-state index is 11.6. The van der Waals surface area contributed by atoms with E-state index in [1.54, 1.807) is 7.05 Å². The molecule has 0 aliphatic heterocycles. The minimum atomic E-state index is -1.09. The van der Waals surface area contributed by atoms with Crippen molar-refractivity contribution in [2.45, 2.75) is 6.54 Å². The summed E-state index contributed by atoms with van der Waals surface area (Å²) in [4.78, 5) is 23.4. The highest BCUT2D eigenvalue weighted by Gasteiger charge is 2.11. The molecular formula is C12H14BrNO4. The van der Waals surface area contributed by atoms with Gasteiger partial charge in [-0.05, 0) is 11.6 Å². The molecule has 0 atom stereocenters. The Morgan fingerprint density at radius 2 is 2.00 bits per heavy atom. The summed E-state index contributed by atoms with van der Waals surface area (Å²) in [5.41, 5.74) is 0.978. The quantitative estimate of drug-likeness (QED) is 0.864. The van der Waals surface area contributed by atoms with Crippen LogP contribution in [-0.4, -0.2) is 42.1 Å². The van der Waals surface area contributed by atoms with Gasteiger partial charge in [0.25, 0.3) is 0 Å². The van der Waals surface area contributed by atoms with Crippen LogP contribution in [0.15, 0.2) is 28.7 Å². The number of hydrogen-bond acceptors (Lipinski definition) is 3. The Morgan fingerprint density at radius 1 is 1.33 bits per heavy atom. The molecule has 1 rings (SSSR count). The minimum Gasteiger partial charge on any atom is -0.480 e. The van der Waals surface area contributed by atoms with Gasteiger partial charge in [-0.25, -0.2) is 4.79 Å². The van der Waals surface area contributed by atoms with Gasteiger partial charge >= 0.3 is 5.97 Å². The lowest BCUT2D eigenvalue weighted by Crippen LogP contribution is -2.30. The molecule has 0 saturated carbocycles. The molecule has 0 aliphatic rings. The molecule has 0 saturated heterocycles. The Labute approximate surface area is 113 Å². The number of benzene rings is 1. The number of carbonyl (C=O) groups is 2. The predicted octanol–water partition coefficient (Wildman–Crippen LogP) is 1.51. The Balaban J connectivity index is 2.45. The molecule has 1 N–H and O–H groups in total. The van der Waals surface area contributed by atoms with Crippen LogP contribution in [0, 0.1) is 0 Å². The highest BCUT2D eigenvalue weighted by molar-refractivity contribution is 9.10. The van der Waals surface area contributed by atoms with Crippen LogP contribution in [0.2, 0.25) is 0 Å². The molecule has 0 radical (unpaired) electrons. The van der Waals surface area contributed by atoms with Crippen molar-refractivity contribution in [3.05, 3.63) is 34.3 Å². The van der Waals surface area contributed by atoms with Gasteiger partial charge in [-0.1, -0.05) is 34.1 Å². The number of ether oxygens (including phenoxy) is 1. The molecule has 0 aromatic heterocycles. The summed E-state index contributed by atoms with van der Waals surface area (Å²) >= 11 is 3.40. The van der Waals surface area contributed by atoms with Crippen LogP contribution in [0.1, 0.15) is 5.56 Å². The predicted molar refractivity (Wildman–Crippen MR) is 69.1 cm³/mol. The molecule has 0 unspecified atom stereocenters. The molecule has 0 fully saturated rings. The fraction of sp³-hybridized carbons (Fsp3) is 0.333. The first-order chi connectivity index (χ1) is 8.50. The number of rotatable bonds is 6. The van der Waals surface area contributed by atoms with Crippen LogP contribution in [0.5, 0.6) is 0 Å². The van der Waals surface area contributed by atoms with Crippen molar-refractivity contribution in [2.24, 2.45) is 0 Å². The fourth-order valence-electron chi connectivity index (χ4n) is 1.31. The smallest absolute Gasteiger partial charge is 0.329 e. The van der Waals surface area contributed by atoms with Crippen molar-refractivity contribution >= 4 is 27.8 Å². The van der Waals surface area contributed by atoms with E-state index in [-0.39, 0.29) is 12.5 Å².